The van der Waals surface area contributed by atoms with Crippen LogP contribution in [0.2, 0.25) is 0 Å². The molecule has 3 rings (SSSR count). The lowest BCUT2D eigenvalue weighted by Crippen LogP contribution is -2.30. The summed E-state index contributed by atoms with van der Waals surface area (Å²) in [6.45, 7) is 1.51. The number of ketones is 1. The Morgan fingerprint density at radius 1 is 1.12 bits per heavy atom. The molecule has 0 N–H and O–H groups in total. The van der Waals surface area contributed by atoms with Crippen LogP contribution in [0.5, 0.6) is 0 Å². The van der Waals surface area contributed by atoms with E-state index in [-0.39, 0.29) is 11.8 Å². The van der Waals surface area contributed by atoms with Crippen LogP contribution in [0.4, 0.5) is 0 Å². The summed E-state index contributed by atoms with van der Waals surface area (Å²) in [5, 5.41) is 0. The maximum atomic E-state index is 11.9. The maximum absolute atomic E-state index is 11.9. The molecule has 2 atom stereocenters. The van der Waals surface area contributed by atoms with Crippen molar-refractivity contribution in [3.05, 3.63) is 35.4 Å². The third kappa shape index (κ3) is 2.27. The Morgan fingerprint density at radius 2 is 1.65 bits per heavy atom. The molecule has 0 aromatic heterocycles. The van der Waals surface area contributed by atoms with Gasteiger partial charge in [0.15, 0.2) is 0 Å². The van der Waals surface area contributed by atoms with Crippen LogP contribution < -0.4 is 0 Å². The first-order chi connectivity index (χ1) is 8.15. The molecule has 2 aliphatic rings. The van der Waals surface area contributed by atoms with Gasteiger partial charge >= 0.3 is 15.9 Å². The highest BCUT2D eigenvalue weighted by Gasteiger charge is 2.38. The summed E-state index contributed by atoms with van der Waals surface area (Å²) in [6, 6.07) is 7.52. The van der Waals surface area contributed by atoms with Gasteiger partial charge in [-0.3, -0.25) is 9.59 Å². The van der Waals surface area contributed by atoms with Gasteiger partial charge in [-0.15, -0.1) is 0 Å². The quantitative estimate of drug-likeness (QED) is 0.743. The van der Waals surface area contributed by atoms with Gasteiger partial charge in [0.1, 0.15) is 5.78 Å². The lowest BCUT2D eigenvalue weighted by atomic mass is 9.74. The Bertz CT molecular complexity index is 440. The van der Waals surface area contributed by atoms with E-state index in [2.05, 4.69) is 0 Å². The highest BCUT2D eigenvalue weighted by Crippen LogP contribution is 2.39. The van der Waals surface area contributed by atoms with E-state index in [1.165, 1.54) is 14.0 Å². The third-order valence-electron chi connectivity index (χ3n) is 3.00. The minimum atomic E-state index is -1.27. The van der Waals surface area contributed by atoms with Crippen molar-refractivity contribution in [2.24, 2.45) is 0 Å². The minimum absolute atomic E-state index is 0.00719. The van der Waals surface area contributed by atoms with Gasteiger partial charge in [0.05, 0.1) is 11.8 Å². The van der Waals surface area contributed by atoms with E-state index in [1.807, 2.05) is 24.3 Å². The van der Waals surface area contributed by atoms with Crippen molar-refractivity contribution in [2.75, 3.05) is 7.11 Å². The third-order valence-corrected chi connectivity index (χ3v) is 3.64. The molecule has 1 aromatic rings. The van der Waals surface area contributed by atoms with E-state index in [1.54, 1.807) is 0 Å². The molecule has 5 heteroatoms. The van der Waals surface area contributed by atoms with Crippen molar-refractivity contribution in [2.45, 2.75) is 18.8 Å². The number of carbonyl (C=O) groups is 2. The molecule has 0 amide bonds. The summed E-state index contributed by atoms with van der Waals surface area (Å²) in [5.74, 6) is -1.23. The monoisotopic (exact) mass is 248 g/mol. The Morgan fingerprint density at radius 3 is 2.12 bits per heavy atom. The van der Waals surface area contributed by atoms with Crippen molar-refractivity contribution in [3.63, 3.8) is 0 Å². The smallest absolute Gasteiger partial charge is 0.597 e. The summed E-state index contributed by atoms with van der Waals surface area (Å²) in [6.07, 6.45) is 0. The Labute approximate surface area is 106 Å². The topological polar surface area (TPSA) is 52.6 Å². The Kier molecular flexibility index (Phi) is 3.63. The fourth-order valence-electron chi connectivity index (χ4n) is 2.24. The lowest BCUT2D eigenvalue weighted by Gasteiger charge is -2.29. The number of rotatable bonds is 4. The zero-order valence-electron chi connectivity index (χ0n) is 9.80. The molecule has 2 bridgehead atoms. The average Bonchev–Trinajstić information content (AvgIpc) is 2.36. The summed E-state index contributed by atoms with van der Waals surface area (Å²) < 4.78 is 9.93. The molecule has 0 aliphatic heterocycles. The fraction of sp³-hybridized carbons (Fsp3) is 0.333. The van der Waals surface area contributed by atoms with Crippen molar-refractivity contribution in [1.29, 1.82) is 0 Å². The van der Waals surface area contributed by atoms with Crippen molar-refractivity contribution in [3.8, 4) is 0 Å². The van der Waals surface area contributed by atoms with E-state index < -0.39 is 27.7 Å². The molecule has 0 fully saturated rings. The first kappa shape index (κ1) is 12.3. The predicted octanol–water partition coefficient (Wildman–Crippen LogP) is 0.912. The van der Waals surface area contributed by atoms with E-state index in [0.29, 0.717) is 0 Å². The Balaban J connectivity index is 2.27. The summed E-state index contributed by atoms with van der Waals surface area (Å²) in [7, 11) is 1.51. The van der Waals surface area contributed by atoms with E-state index in [4.69, 9.17) is 7.58 Å². The molecule has 0 saturated heterocycles. The van der Waals surface area contributed by atoms with Crippen LogP contribution in [0.15, 0.2) is 24.3 Å². The molecule has 1 aromatic carbocycles. The van der Waals surface area contributed by atoms with E-state index in [9.17, 15) is 9.59 Å². The summed E-state index contributed by atoms with van der Waals surface area (Å²) >= 11 is -1.27. The molecule has 88 valence electrons. The standard InChI is InChI=1S/C11H10O3.CH3O.Al.H/c1-6(12)9-7-2-4-8(5-3-7)10(9)11(13)14;1-2;;/h2-5,9-10H,1H3,(H,13,14);1H3;;/q;-1;+2;/p-1. The molecule has 0 radical (unpaired) electrons. The largest absolute Gasteiger partial charge is 0.742 e. The number of carbonyl (C=O) groups excluding carboxylic acids is 2. The fourth-order valence-corrected chi connectivity index (χ4v) is 2.66. The van der Waals surface area contributed by atoms with Gasteiger partial charge in [0.2, 0.25) is 0 Å². The van der Waals surface area contributed by atoms with Crippen LogP contribution in [0.1, 0.15) is 29.9 Å². The van der Waals surface area contributed by atoms with E-state index >= 15 is 0 Å². The van der Waals surface area contributed by atoms with Gasteiger partial charge in [0.25, 0.3) is 5.97 Å². The number of hydrogen-bond donors (Lipinski definition) is 0. The summed E-state index contributed by atoms with van der Waals surface area (Å²) in [4.78, 5) is 23.6. The second-order valence-corrected chi connectivity index (χ2v) is 5.20. The van der Waals surface area contributed by atoms with Crippen molar-refractivity contribution in [1.82, 2.24) is 0 Å². The first-order valence-electron chi connectivity index (χ1n) is 5.41. The average molecular weight is 248 g/mol. The van der Waals surface area contributed by atoms with Crippen molar-refractivity contribution < 1.29 is 17.2 Å². The highest BCUT2D eigenvalue weighted by atomic mass is 27.2. The van der Waals surface area contributed by atoms with Gasteiger partial charge < -0.3 is 7.58 Å². The Hall–Kier alpha value is -1.15. The predicted molar refractivity (Wildman–Crippen MR) is 62.9 cm³/mol. The van der Waals surface area contributed by atoms with Gasteiger partial charge in [-0.1, -0.05) is 24.3 Å². The SMILES string of the molecule is C[O][AlH][O]C(=O)C1c2ccc(cc2)C1C(C)=O. The molecule has 0 saturated carbocycles. The normalized spacial score (nSPS) is 21.1. The van der Waals surface area contributed by atoms with Crippen LogP contribution in [0, 0.1) is 0 Å². The van der Waals surface area contributed by atoms with Crippen LogP contribution in [-0.2, 0) is 17.2 Å². The van der Waals surface area contributed by atoms with Gasteiger partial charge in [-0.25, -0.2) is 0 Å². The molecule has 0 heterocycles. The minimum Gasteiger partial charge on any atom is -0.597 e. The van der Waals surface area contributed by atoms with Gasteiger partial charge in [0, 0.05) is 7.11 Å². The van der Waals surface area contributed by atoms with Crippen LogP contribution in [0.25, 0.3) is 0 Å². The maximum Gasteiger partial charge on any atom is 0.742 e. The van der Waals surface area contributed by atoms with E-state index in [0.717, 1.165) is 11.1 Å². The van der Waals surface area contributed by atoms with Gasteiger partial charge in [-0.05, 0) is 18.1 Å². The zero-order chi connectivity index (χ0) is 12.4. The molecular weight excluding hydrogens is 235 g/mol. The van der Waals surface area contributed by atoms with Crippen LogP contribution >= 0.6 is 0 Å². The molecule has 0 spiro atoms. The second kappa shape index (κ2) is 5.01. The molecule has 2 unspecified atom stereocenters. The van der Waals surface area contributed by atoms with Gasteiger partial charge in [-0.2, -0.15) is 0 Å². The van der Waals surface area contributed by atoms with Crippen molar-refractivity contribution >= 4 is 27.6 Å². The zero-order valence-corrected chi connectivity index (χ0v) is 11.2. The van der Waals surface area contributed by atoms with Crippen LogP contribution in [0.3, 0.4) is 0 Å². The number of fused-ring (bicyclic) bond motifs is 3. The number of hydrogen-bond acceptors (Lipinski definition) is 4. The molecular formula is C12H13AlO4. The second-order valence-electron chi connectivity index (χ2n) is 4.10. The van der Waals surface area contributed by atoms with Crippen LogP contribution in [-0.4, -0.2) is 34.7 Å². The summed E-state index contributed by atoms with van der Waals surface area (Å²) in [5.41, 5.74) is 1.73. The number of Topliss-reactive ketones (excluding diaryl/α,β-unsaturated/α-hetero) is 1. The number of benzene rings is 1. The lowest BCUT2D eigenvalue weighted by molar-refractivity contribution is -0.139. The molecule has 2 aliphatic carbocycles. The first-order valence-corrected chi connectivity index (χ1v) is 6.56. The molecule has 4 nitrogen and oxygen atoms in total. The highest BCUT2D eigenvalue weighted by molar-refractivity contribution is 6.22. The molecule has 17 heavy (non-hydrogen) atoms.